The van der Waals surface area contributed by atoms with Gasteiger partial charge >= 0.3 is 0 Å². The number of amides is 1. The van der Waals surface area contributed by atoms with Gasteiger partial charge in [0, 0.05) is 47.6 Å². The van der Waals surface area contributed by atoms with Crippen molar-refractivity contribution in [2.45, 2.75) is 19.0 Å². The molecule has 132 valence electrons. The first-order chi connectivity index (χ1) is 12.2. The first kappa shape index (κ1) is 18.0. The average Bonchev–Trinajstić information content (AvgIpc) is 3.26. The van der Waals surface area contributed by atoms with Crippen LogP contribution in [0.25, 0.3) is 10.9 Å². The standard InChI is InChI=1S/C19H22ClN3OS/c1-25-14-8-18(22-10-2-3-11-22)19(24)21-9-13-23-12-7-15-16(20)5-4-6-17(15)23/h2-7,10-12,18H,8-9,13-14H2,1H3,(H,21,24)/t18-/m0/s1. The first-order valence-corrected chi connectivity index (χ1v) is 10.1. The van der Waals surface area contributed by atoms with Gasteiger partial charge in [0.15, 0.2) is 0 Å². The largest absolute Gasteiger partial charge is 0.353 e. The highest BCUT2D eigenvalue weighted by Gasteiger charge is 2.18. The molecule has 0 unspecified atom stereocenters. The number of thioether (sulfide) groups is 1. The zero-order valence-electron chi connectivity index (χ0n) is 14.2. The van der Waals surface area contributed by atoms with Gasteiger partial charge in [0.25, 0.3) is 0 Å². The molecule has 0 aliphatic carbocycles. The number of fused-ring (bicyclic) bond motifs is 1. The van der Waals surface area contributed by atoms with Crippen LogP contribution in [0.3, 0.4) is 0 Å². The summed E-state index contributed by atoms with van der Waals surface area (Å²) in [6.07, 6.45) is 8.80. The third-order valence-corrected chi connectivity index (χ3v) is 5.27. The van der Waals surface area contributed by atoms with E-state index in [1.54, 1.807) is 11.8 Å². The second-order valence-corrected chi connectivity index (χ2v) is 7.29. The van der Waals surface area contributed by atoms with E-state index in [0.29, 0.717) is 6.54 Å². The highest BCUT2D eigenvalue weighted by atomic mass is 35.5. The van der Waals surface area contributed by atoms with Gasteiger partial charge in [-0.15, -0.1) is 0 Å². The van der Waals surface area contributed by atoms with E-state index in [4.69, 9.17) is 11.6 Å². The Morgan fingerprint density at radius 1 is 1.20 bits per heavy atom. The predicted octanol–water partition coefficient (Wildman–Crippen LogP) is 4.21. The fourth-order valence-corrected chi connectivity index (χ4v) is 3.69. The molecule has 0 aliphatic heterocycles. The van der Waals surface area contributed by atoms with Crippen LogP contribution in [-0.2, 0) is 11.3 Å². The van der Waals surface area contributed by atoms with Gasteiger partial charge < -0.3 is 14.5 Å². The van der Waals surface area contributed by atoms with Crippen LogP contribution < -0.4 is 5.32 Å². The van der Waals surface area contributed by atoms with Crippen molar-refractivity contribution < 1.29 is 4.79 Å². The van der Waals surface area contributed by atoms with E-state index in [1.165, 1.54) is 0 Å². The van der Waals surface area contributed by atoms with Gasteiger partial charge in [-0.1, -0.05) is 17.7 Å². The van der Waals surface area contributed by atoms with Crippen molar-refractivity contribution in [2.24, 2.45) is 0 Å². The third kappa shape index (κ3) is 4.22. The topological polar surface area (TPSA) is 39.0 Å². The summed E-state index contributed by atoms with van der Waals surface area (Å²) in [7, 11) is 0. The molecule has 1 N–H and O–H groups in total. The van der Waals surface area contributed by atoms with E-state index in [1.807, 2.05) is 59.6 Å². The predicted molar refractivity (Wildman–Crippen MR) is 106 cm³/mol. The number of nitrogens with one attached hydrogen (secondary N) is 1. The van der Waals surface area contributed by atoms with Gasteiger partial charge in [-0.05, 0) is 48.8 Å². The Hall–Kier alpha value is -1.85. The summed E-state index contributed by atoms with van der Waals surface area (Å²) >= 11 is 7.97. The van der Waals surface area contributed by atoms with Crippen LogP contribution in [-0.4, -0.2) is 33.6 Å². The van der Waals surface area contributed by atoms with Gasteiger partial charge in [0.05, 0.1) is 0 Å². The van der Waals surface area contributed by atoms with E-state index in [-0.39, 0.29) is 11.9 Å². The molecule has 0 saturated heterocycles. The Balaban J connectivity index is 1.61. The lowest BCUT2D eigenvalue weighted by molar-refractivity contribution is -0.124. The Morgan fingerprint density at radius 3 is 2.76 bits per heavy atom. The van der Waals surface area contributed by atoms with Crippen molar-refractivity contribution in [1.29, 1.82) is 0 Å². The highest BCUT2D eigenvalue weighted by molar-refractivity contribution is 7.98. The zero-order valence-corrected chi connectivity index (χ0v) is 15.8. The van der Waals surface area contributed by atoms with Gasteiger partial charge in [0.2, 0.25) is 5.91 Å². The molecule has 2 aromatic heterocycles. The maximum atomic E-state index is 12.6. The summed E-state index contributed by atoms with van der Waals surface area (Å²) in [5.41, 5.74) is 1.09. The van der Waals surface area contributed by atoms with E-state index < -0.39 is 0 Å². The number of carbonyl (C=O) groups excluding carboxylic acids is 1. The van der Waals surface area contributed by atoms with Crippen molar-refractivity contribution in [3.05, 3.63) is 60.0 Å². The highest BCUT2D eigenvalue weighted by Crippen LogP contribution is 2.24. The van der Waals surface area contributed by atoms with Crippen LogP contribution in [0.5, 0.6) is 0 Å². The number of carbonyl (C=O) groups is 1. The van der Waals surface area contributed by atoms with Crippen molar-refractivity contribution in [3.63, 3.8) is 0 Å². The summed E-state index contributed by atoms with van der Waals surface area (Å²) in [6.45, 7) is 1.31. The number of hydrogen-bond donors (Lipinski definition) is 1. The number of benzene rings is 1. The quantitative estimate of drug-likeness (QED) is 0.640. The molecule has 1 atom stereocenters. The monoisotopic (exact) mass is 375 g/mol. The normalized spacial score (nSPS) is 12.4. The summed E-state index contributed by atoms with van der Waals surface area (Å²) < 4.78 is 4.10. The Kier molecular flexibility index (Phi) is 6.10. The maximum absolute atomic E-state index is 12.6. The van der Waals surface area contributed by atoms with Crippen LogP contribution in [0.2, 0.25) is 5.02 Å². The Morgan fingerprint density at radius 2 is 2.00 bits per heavy atom. The van der Waals surface area contributed by atoms with Crippen LogP contribution in [0.15, 0.2) is 55.0 Å². The van der Waals surface area contributed by atoms with E-state index in [0.717, 1.165) is 34.6 Å². The molecule has 3 rings (SSSR count). The molecular weight excluding hydrogens is 354 g/mol. The molecule has 2 heterocycles. The Labute approximate surface area is 157 Å². The van der Waals surface area contributed by atoms with Gasteiger partial charge in [-0.2, -0.15) is 11.8 Å². The van der Waals surface area contributed by atoms with Crippen molar-refractivity contribution in [3.8, 4) is 0 Å². The number of nitrogens with zero attached hydrogens (tertiary/aromatic N) is 2. The minimum atomic E-state index is -0.154. The summed E-state index contributed by atoms with van der Waals surface area (Å²) in [5.74, 6) is 1.02. The van der Waals surface area contributed by atoms with Gasteiger partial charge in [-0.3, -0.25) is 4.79 Å². The van der Waals surface area contributed by atoms with Crippen LogP contribution >= 0.6 is 23.4 Å². The summed E-state index contributed by atoms with van der Waals surface area (Å²) in [4.78, 5) is 12.6. The maximum Gasteiger partial charge on any atom is 0.243 e. The summed E-state index contributed by atoms with van der Waals surface area (Å²) in [6, 6.07) is 11.7. The summed E-state index contributed by atoms with van der Waals surface area (Å²) in [5, 5.41) is 4.87. The second kappa shape index (κ2) is 8.50. The zero-order chi connectivity index (χ0) is 17.6. The minimum Gasteiger partial charge on any atom is -0.353 e. The lowest BCUT2D eigenvalue weighted by atomic mass is 10.2. The molecule has 0 saturated carbocycles. The molecule has 0 fully saturated rings. The van der Waals surface area contributed by atoms with E-state index in [9.17, 15) is 4.79 Å². The van der Waals surface area contributed by atoms with Crippen LogP contribution in [0.4, 0.5) is 0 Å². The Bertz CT molecular complexity index is 828. The number of rotatable bonds is 8. The minimum absolute atomic E-state index is 0.0692. The van der Waals surface area contributed by atoms with E-state index in [2.05, 4.69) is 16.1 Å². The number of aromatic nitrogens is 2. The second-order valence-electron chi connectivity index (χ2n) is 5.90. The fraction of sp³-hybridized carbons (Fsp3) is 0.316. The fourth-order valence-electron chi connectivity index (χ4n) is 3.00. The third-order valence-electron chi connectivity index (χ3n) is 4.30. The molecule has 0 bridgehead atoms. The molecule has 1 aromatic carbocycles. The number of hydrogen-bond acceptors (Lipinski definition) is 2. The average molecular weight is 376 g/mol. The lowest BCUT2D eigenvalue weighted by Gasteiger charge is -2.18. The van der Waals surface area contributed by atoms with Crippen LogP contribution in [0.1, 0.15) is 12.5 Å². The van der Waals surface area contributed by atoms with Gasteiger partial charge in [-0.25, -0.2) is 0 Å². The molecule has 0 radical (unpaired) electrons. The first-order valence-electron chi connectivity index (χ1n) is 8.33. The van der Waals surface area contributed by atoms with Gasteiger partial charge in [0.1, 0.15) is 6.04 Å². The lowest BCUT2D eigenvalue weighted by Crippen LogP contribution is -2.34. The molecular formula is C19H22ClN3OS. The molecule has 1 amide bonds. The molecule has 0 spiro atoms. The molecule has 25 heavy (non-hydrogen) atoms. The molecule has 0 aliphatic rings. The van der Waals surface area contributed by atoms with Crippen LogP contribution in [0, 0.1) is 0 Å². The SMILES string of the molecule is CSCC[C@@H](C(=O)NCCn1ccc2c(Cl)cccc21)n1cccc1. The molecule has 4 nitrogen and oxygen atoms in total. The number of halogens is 1. The van der Waals surface area contributed by atoms with E-state index >= 15 is 0 Å². The van der Waals surface area contributed by atoms with Crippen molar-refractivity contribution in [2.75, 3.05) is 18.6 Å². The molecule has 3 aromatic rings. The van der Waals surface area contributed by atoms with Crippen molar-refractivity contribution in [1.82, 2.24) is 14.5 Å². The molecule has 6 heteroatoms. The smallest absolute Gasteiger partial charge is 0.243 e. The van der Waals surface area contributed by atoms with Crippen molar-refractivity contribution >= 4 is 40.2 Å².